The molecular formula is C14H17BrN2S. The molecule has 0 amide bonds. The Bertz CT molecular complexity index is 536. The molecule has 4 heteroatoms. The van der Waals surface area contributed by atoms with Crippen molar-refractivity contribution in [3.8, 4) is 0 Å². The molecule has 2 rings (SSSR count). The zero-order chi connectivity index (χ0) is 13.1. The molecule has 0 radical (unpaired) electrons. The number of aryl methyl sites for hydroxylation is 2. The van der Waals surface area contributed by atoms with Crippen LogP contribution in [0.2, 0.25) is 0 Å². The van der Waals surface area contributed by atoms with Crippen molar-refractivity contribution in [2.75, 3.05) is 0 Å². The third-order valence-corrected chi connectivity index (χ3v) is 4.64. The quantitative estimate of drug-likeness (QED) is 0.661. The Balaban J connectivity index is 2.22. The van der Waals surface area contributed by atoms with Crippen molar-refractivity contribution in [3.05, 3.63) is 55.7 Å². The predicted molar refractivity (Wildman–Crippen MR) is 81.7 cm³/mol. The normalized spacial score (nSPS) is 12.7. The van der Waals surface area contributed by atoms with Gasteiger partial charge in [-0.1, -0.05) is 23.8 Å². The molecular weight excluding hydrogens is 308 g/mol. The highest BCUT2D eigenvalue weighted by Gasteiger charge is 2.13. The molecule has 3 N–H and O–H groups in total. The standard InChI is InChI=1S/C14H17BrN2S/c1-9-3-4-10(2)11(5-9)6-13(17-16)12-7-14(15)18-8-12/h3-5,7-8,13,17H,6,16H2,1-2H3. The fraction of sp³-hybridized carbons (Fsp3) is 0.286. The molecule has 96 valence electrons. The molecule has 0 fully saturated rings. The van der Waals surface area contributed by atoms with E-state index >= 15 is 0 Å². The lowest BCUT2D eigenvalue weighted by Gasteiger charge is -2.16. The lowest BCUT2D eigenvalue weighted by molar-refractivity contribution is 0.552. The maximum Gasteiger partial charge on any atom is 0.0701 e. The summed E-state index contributed by atoms with van der Waals surface area (Å²) in [6.45, 7) is 4.26. The highest BCUT2D eigenvalue weighted by atomic mass is 79.9. The predicted octanol–water partition coefficient (Wildman–Crippen LogP) is 3.87. The van der Waals surface area contributed by atoms with Gasteiger partial charge in [0.2, 0.25) is 0 Å². The summed E-state index contributed by atoms with van der Waals surface area (Å²) in [7, 11) is 0. The van der Waals surface area contributed by atoms with Crippen molar-refractivity contribution in [2.24, 2.45) is 5.84 Å². The van der Waals surface area contributed by atoms with E-state index in [2.05, 4.69) is 64.8 Å². The number of thiophene rings is 1. The van der Waals surface area contributed by atoms with Crippen LogP contribution in [0.1, 0.15) is 28.3 Å². The molecule has 2 nitrogen and oxygen atoms in total. The Kier molecular flexibility index (Phi) is 4.56. The van der Waals surface area contributed by atoms with Gasteiger partial charge in [-0.3, -0.25) is 11.3 Å². The second-order valence-electron chi connectivity index (χ2n) is 4.54. The average molecular weight is 325 g/mol. The monoisotopic (exact) mass is 324 g/mol. The smallest absolute Gasteiger partial charge is 0.0701 e. The van der Waals surface area contributed by atoms with Gasteiger partial charge in [-0.2, -0.15) is 0 Å². The van der Waals surface area contributed by atoms with E-state index in [1.807, 2.05) is 0 Å². The molecule has 1 atom stereocenters. The van der Waals surface area contributed by atoms with Gasteiger partial charge in [0, 0.05) is 0 Å². The summed E-state index contributed by atoms with van der Waals surface area (Å²) in [5.74, 6) is 5.69. The van der Waals surface area contributed by atoms with Crippen LogP contribution in [0, 0.1) is 13.8 Å². The van der Waals surface area contributed by atoms with E-state index in [0.717, 1.165) is 10.2 Å². The van der Waals surface area contributed by atoms with Gasteiger partial charge < -0.3 is 0 Å². The zero-order valence-electron chi connectivity index (χ0n) is 10.5. The van der Waals surface area contributed by atoms with E-state index in [1.54, 1.807) is 11.3 Å². The average Bonchev–Trinajstić information content (AvgIpc) is 2.77. The molecule has 2 aromatic rings. The fourth-order valence-electron chi connectivity index (χ4n) is 2.02. The molecule has 18 heavy (non-hydrogen) atoms. The summed E-state index contributed by atoms with van der Waals surface area (Å²) in [6.07, 6.45) is 0.910. The third-order valence-electron chi connectivity index (χ3n) is 3.12. The number of nitrogens with one attached hydrogen (secondary N) is 1. The number of hydrazine groups is 1. The Hall–Kier alpha value is -0.680. The van der Waals surface area contributed by atoms with Crippen molar-refractivity contribution in [3.63, 3.8) is 0 Å². The number of benzene rings is 1. The summed E-state index contributed by atoms with van der Waals surface area (Å²) < 4.78 is 1.14. The van der Waals surface area contributed by atoms with E-state index in [4.69, 9.17) is 5.84 Å². The Labute approximate surface area is 120 Å². The molecule has 0 saturated carbocycles. The first-order valence-corrected chi connectivity index (χ1v) is 7.53. The molecule has 0 saturated heterocycles. The number of nitrogens with two attached hydrogens (primary N) is 1. The summed E-state index contributed by atoms with van der Waals surface area (Å²) in [5, 5.41) is 2.14. The second kappa shape index (κ2) is 5.97. The topological polar surface area (TPSA) is 38.0 Å². The summed E-state index contributed by atoms with van der Waals surface area (Å²) in [5.41, 5.74) is 8.10. The molecule has 0 spiro atoms. The lowest BCUT2D eigenvalue weighted by Crippen LogP contribution is -2.29. The number of halogens is 1. The van der Waals surface area contributed by atoms with Gasteiger partial charge in [0.05, 0.1) is 9.83 Å². The minimum Gasteiger partial charge on any atom is -0.271 e. The molecule has 1 aromatic carbocycles. The molecule has 1 heterocycles. The van der Waals surface area contributed by atoms with Gasteiger partial charge in [0.15, 0.2) is 0 Å². The van der Waals surface area contributed by atoms with Gasteiger partial charge in [-0.15, -0.1) is 11.3 Å². The molecule has 0 bridgehead atoms. The van der Waals surface area contributed by atoms with Gasteiger partial charge in [-0.25, -0.2) is 0 Å². The van der Waals surface area contributed by atoms with Crippen molar-refractivity contribution < 1.29 is 0 Å². The Morgan fingerprint density at radius 1 is 1.33 bits per heavy atom. The molecule has 1 aromatic heterocycles. The van der Waals surface area contributed by atoms with Crippen molar-refractivity contribution >= 4 is 27.3 Å². The first-order chi connectivity index (χ1) is 8.60. The van der Waals surface area contributed by atoms with Crippen molar-refractivity contribution in [1.29, 1.82) is 0 Å². The van der Waals surface area contributed by atoms with Crippen LogP contribution in [0.5, 0.6) is 0 Å². The van der Waals surface area contributed by atoms with Gasteiger partial charge in [-0.05, 0) is 64.3 Å². The first-order valence-electron chi connectivity index (χ1n) is 5.86. The zero-order valence-corrected chi connectivity index (χ0v) is 12.9. The van der Waals surface area contributed by atoms with Gasteiger partial charge in [0.25, 0.3) is 0 Å². The molecule has 0 aliphatic rings. The molecule has 0 aliphatic heterocycles. The second-order valence-corrected chi connectivity index (χ2v) is 6.83. The number of hydrogen-bond donors (Lipinski definition) is 2. The van der Waals surface area contributed by atoms with Crippen LogP contribution in [0.4, 0.5) is 0 Å². The summed E-state index contributed by atoms with van der Waals surface area (Å²) in [6, 6.07) is 8.83. The largest absolute Gasteiger partial charge is 0.271 e. The summed E-state index contributed by atoms with van der Waals surface area (Å²) >= 11 is 5.18. The Morgan fingerprint density at radius 3 is 2.72 bits per heavy atom. The van der Waals surface area contributed by atoms with E-state index in [0.29, 0.717) is 0 Å². The molecule has 1 unspecified atom stereocenters. The van der Waals surface area contributed by atoms with E-state index < -0.39 is 0 Å². The number of hydrogen-bond acceptors (Lipinski definition) is 3. The van der Waals surface area contributed by atoms with E-state index in [1.165, 1.54) is 22.3 Å². The highest BCUT2D eigenvalue weighted by molar-refractivity contribution is 9.11. The maximum atomic E-state index is 5.69. The summed E-state index contributed by atoms with van der Waals surface area (Å²) in [4.78, 5) is 0. The van der Waals surface area contributed by atoms with Gasteiger partial charge >= 0.3 is 0 Å². The van der Waals surface area contributed by atoms with Crippen LogP contribution in [0.25, 0.3) is 0 Å². The van der Waals surface area contributed by atoms with Crippen molar-refractivity contribution in [2.45, 2.75) is 26.3 Å². The van der Waals surface area contributed by atoms with E-state index in [-0.39, 0.29) is 6.04 Å². The first kappa shape index (κ1) is 13.7. The fourth-order valence-corrected chi connectivity index (χ4v) is 3.25. The Morgan fingerprint density at radius 2 is 2.11 bits per heavy atom. The van der Waals surface area contributed by atoms with Crippen LogP contribution in [-0.2, 0) is 6.42 Å². The lowest BCUT2D eigenvalue weighted by atomic mass is 9.96. The van der Waals surface area contributed by atoms with Crippen LogP contribution < -0.4 is 11.3 Å². The van der Waals surface area contributed by atoms with Crippen molar-refractivity contribution in [1.82, 2.24) is 5.43 Å². The third kappa shape index (κ3) is 3.20. The minimum atomic E-state index is 0.160. The van der Waals surface area contributed by atoms with Crippen LogP contribution in [0.3, 0.4) is 0 Å². The van der Waals surface area contributed by atoms with Gasteiger partial charge in [0.1, 0.15) is 0 Å². The maximum absolute atomic E-state index is 5.69. The minimum absolute atomic E-state index is 0.160. The van der Waals surface area contributed by atoms with Crippen LogP contribution >= 0.6 is 27.3 Å². The van der Waals surface area contributed by atoms with Crippen LogP contribution in [-0.4, -0.2) is 0 Å². The number of rotatable bonds is 4. The van der Waals surface area contributed by atoms with Crippen LogP contribution in [0.15, 0.2) is 33.4 Å². The highest BCUT2D eigenvalue weighted by Crippen LogP contribution is 2.27. The van der Waals surface area contributed by atoms with E-state index in [9.17, 15) is 0 Å². The SMILES string of the molecule is Cc1ccc(C)c(CC(NN)c2csc(Br)c2)c1. The molecule has 0 aliphatic carbocycles.